The van der Waals surface area contributed by atoms with Crippen molar-refractivity contribution in [3.63, 3.8) is 0 Å². The Bertz CT molecular complexity index is 455. The Labute approximate surface area is 113 Å². The quantitative estimate of drug-likeness (QED) is 0.877. The van der Waals surface area contributed by atoms with Gasteiger partial charge in [-0.25, -0.2) is 4.98 Å². The van der Waals surface area contributed by atoms with Gasteiger partial charge < -0.3 is 10.2 Å². The molecule has 0 radical (unpaired) electrons. The van der Waals surface area contributed by atoms with Gasteiger partial charge in [0.2, 0.25) is 0 Å². The van der Waals surface area contributed by atoms with Gasteiger partial charge in [0.1, 0.15) is 5.69 Å². The van der Waals surface area contributed by atoms with Crippen molar-refractivity contribution in [1.29, 1.82) is 0 Å². The van der Waals surface area contributed by atoms with Crippen molar-refractivity contribution in [3.8, 4) is 0 Å². The summed E-state index contributed by atoms with van der Waals surface area (Å²) in [4.78, 5) is 22.7. The molecule has 2 fully saturated rings. The number of nitrogens with zero attached hydrogens (tertiary/aromatic N) is 3. The van der Waals surface area contributed by atoms with Gasteiger partial charge in [-0.05, 0) is 38.6 Å². The lowest BCUT2D eigenvalue weighted by atomic mass is 10.1. The number of carbonyl (C=O) groups excluding carboxylic acids is 1. The predicted molar refractivity (Wildman–Crippen MR) is 71.8 cm³/mol. The van der Waals surface area contributed by atoms with Gasteiger partial charge >= 0.3 is 0 Å². The van der Waals surface area contributed by atoms with Crippen LogP contribution in [0.2, 0.25) is 0 Å². The minimum atomic E-state index is -0.114. The fourth-order valence-corrected chi connectivity index (χ4v) is 2.64. The largest absolute Gasteiger partial charge is 0.350 e. The van der Waals surface area contributed by atoms with Crippen LogP contribution in [0, 0.1) is 12.8 Å². The number of hydrogen-bond donors (Lipinski definition) is 1. The molecule has 102 valence electrons. The van der Waals surface area contributed by atoms with E-state index < -0.39 is 0 Å². The molecule has 1 aromatic rings. The maximum absolute atomic E-state index is 11.9. The zero-order chi connectivity index (χ0) is 13.2. The third-order valence-corrected chi connectivity index (χ3v) is 3.95. The van der Waals surface area contributed by atoms with E-state index in [9.17, 15) is 4.79 Å². The lowest BCUT2D eigenvalue weighted by molar-refractivity contribution is 0.0942. The van der Waals surface area contributed by atoms with Crippen LogP contribution in [0.25, 0.3) is 0 Å². The van der Waals surface area contributed by atoms with Crippen LogP contribution in [0.3, 0.4) is 0 Å². The van der Waals surface area contributed by atoms with E-state index in [0.29, 0.717) is 11.6 Å². The number of likely N-dealkylation sites (tertiary alicyclic amines) is 1. The fourth-order valence-electron chi connectivity index (χ4n) is 2.64. The molecule has 1 amide bonds. The van der Waals surface area contributed by atoms with Gasteiger partial charge in [-0.1, -0.05) is 0 Å². The van der Waals surface area contributed by atoms with E-state index in [4.69, 9.17) is 0 Å². The average Bonchev–Trinajstić information content (AvgIpc) is 3.16. The number of carbonyl (C=O) groups is 1. The smallest absolute Gasteiger partial charge is 0.271 e. The fraction of sp³-hybridized carbons (Fsp3) is 0.643. The molecule has 5 nitrogen and oxygen atoms in total. The van der Waals surface area contributed by atoms with Crippen LogP contribution in [-0.4, -0.2) is 46.5 Å². The molecule has 0 aromatic carbocycles. The van der Waals surface area contributed by atoms with Crippen molar-refractivity contribution in [2.24, 2.45) is 5.92 Å². The number of aryl methyl sites for hydroxylation is 1. The molecule has 0 spiro atoms. The van der Waals surface area contributed by atoms with E-state index >= 15 is 0 Å². The second-order valence-electron chi connectivity index (χ2n) is 5.63. The summed E-state index contributed by atoms with van der Waals surface area (Å²) in [6, 6.07) is 0.837. The first-order chi connectivity index (χ1) is 9.22. The van der Waals surface area contributed by atoms with E-state index in [-0.39, 0.29) is 5.91 Å². The minimum absolute atomic E-state index is 0.114. The van der Waals surface area contributed by atoms with Crippen molar-refractivity contribution in [1.82, 2.24) is 20.2 Å². The topological polar surface area (TPSA) is 58.1 Å². The Balaban J connectivity index is 1.46. The lowest BCUT2D eigenvalue weighted by Crippen LogP contribution is -2.32. The second-order valence-corrected chi connectivity index (χ2v) is 5.63. The molecule has 1 aromatic heterocycles. The molecule has 1 atom stereocenters. The van der Waals surface area contributed by atoms with E-state index in [1.807, 2.05) is 6.92 Å². The summed E-state index contributed by atoms with van der Waals surface area (Å²) in [7, 11) is 0. The third kappa shape index (κ3) is 3.10. The molecule has 3 rings (SSSR count). The monoisotopic (exact) mass is 260 g/mol. The van der Waals surface area contributed by atoms with Crippen LogP contribution in [0.15, 0.2) is 12.4 Å². The molecular formula is C14H20N4O. The number of hydrogen-bond acceptors (Lipinski definition) is 4. The first-order valence-corrected chi connectivity index (χ1v) is 7.03. The van der Waals surface area contributed by atoms with E-state index in [1.165, 1.54) is 32.0 Å². The van der Waals surface area contributed by atoms with Gasteiger partial charge in [0.15, 0.2) is 0 Å². The molecule has 2 heterocycles. The van der Waals surface area contributed by atoms with Gasteiger partial charge in [-0.15, -0.1) is 0 Å². The summed E-state index contributed by atoms with van der Waals surface area (Å²) in [5, 5.41) is 2.97. The van der Waals surface area contributed by atoms with E-state index in [0.717, 1.165) is 24.8 Å². The van der Waals surface area contributed by atoms with Crippen LogP contribution >= 0.6 is 0 Å². The van der Waals surface area contributed by atoms with Crippen LogP contribution in [-0.2, 0) is 0 Å². The highest BCUT2D eigenvalue weighted by atomic mass is 16.1. The molecule has 1 aliphatic carbocycles. The van der Waals surface area contributed by atoms with Crippen molar-refractivity contribution >= 4 is 5.91 Å². The third-order valence-electron chi connectivity index (χ3n) is 3.95. The lowest BCUT2D eigenvalue weighted by Gasteiger charge is -2.15. The number of aromatic nitrogens is 2. The predicted octanol–water partition coefficient (Wildman–Crippen LogP) is 0.999. The Morgan fingerprint density at radius 3 is 2.89 bits per heavy atom. The SMILES string of the molecule is Cc1cnc(C(=O)NC[C@@H]2CCN(C3CC3)C2)cn1. The van der Waals surface area contributed by atoms with Gasteiger partial charge in [-0.2, -0.15) is 0 Å². The molecule has 1 saturated heterocycles. The highest BCUT2D eigenvalue weighted by Crippen LogP contribution is 2.31. The molecule has 1 N–H and O–H groups in total. The van der Waals surface area contributed by atoms with Gasteiger partial charge in [-0.3, -0.25) is 9.78 Å². The van der Waals surface area contributed by atoms with Crippen LogP contribution in [0.5, 0.6) is 0 Å². The maximum atomic E-state index is 11.9. The Morgan fingerprint density at radius 1 is 1.37 bits per heavy atom. The minimum Gasteiger partial charge on any atom is -0.350 e. The Kier molecular flexibility index (Phi) is 3.46. The number of rotatable bonds is 4. The van der Waals surface area contributed by atoms with Crippen molar-refractivity contribution in [3.05, 3.63) is 23.8 Å². The van der Waals surface area contributed by atoms with Crippen molar-refractivity contribution in [2.75, 3.05) is 19.6 Å². The van der Waals surface area contributed by atoms with Crippen LogP contribution < -0.4 is 5.32 Å². The van der Waals surface area contributed by atoms with Gasteiger partial charge in [0, 0.05) is 25.3 Å². The molecule has 0 bridgehead atoms. The van der Waals surface area contributed by atoms with Crippen molar-refractivity contribution in [2.45, 2.75) is 32.2 Å². The van der Waals surface area contributed by atoms with Crippen molar-refractivity contribution < 1.29 is 4.79 Å². The van der Waals surface area contributed by atoms with Gasteiger partial charge in [0.05, 0.1) is 11.9 Å². The highest BCUT2D eigenvalue weighted by molar-refractivity contribution is 5.91. The molecule has 0 unspecified atom stereocenters. The summed E-state index contributed by atoms with van der Waals surface area (Å²) < 4.78 is 0. The molecule has 1 aliphatic heterocycles. The Hall–Kier alpha value is -1.49. The second kappa shape index (κ2) is 5.25. The molecule has 1 saturated carbocycles. The Morgan fingerprint density at radius 2 is 2.21 bits per heavy atom. The number of nitrogens with one attached hydrogen (secondary N) is 1. The first kappa shape index (κ1) is 12.5. The van der Waals surface area contributed by atoms with E-state index in [1.54, 1.807) is 6.20 Å². The summed E-state index contributed by atoms with van der Waals surface area (Å²) >= 11 is 0. The molecular weight excluding hydrogens is 240 g/mol. The normalized spacial score (nSPS) is 23.5. The summed E-state index contributed by atoms with van der Waals surface area (Å²) in [6.45, 7) is 4.93. The highest BCUT2D eigenvalue weighted by Gasteiger charge is 2.34. The summed E-state index contributed by atoms with van der Waals surface area (Å²) in [6.07, 6.45) is 7.07. The standard InChI is InChI=1S/C14H20N4O/c1-10-6-16-13(8-15-10)14(19)17-7-11-4-5-18(9-11)12-2-3-12/h6,8,11-12H,2-5,7,9H2,1H3,(H,17,19)/t11-/m0/s1. The molecule has 5 heteroatoms. The maximum Gasteiger partial charge on any atom is 0.271 e. The zero-order valence-corrected chi connectivity index (χ0v) is 11.3. The van der Waals surface area contributed by atoms with Crippen LogP contribution in [0.1, 0.15) is 35.4 Å². The molecule has 19 heavy (non-hydrogen) atoms. The zero-order valence-electron chi connectivity index (χ0n) is 11.3. The molecule has 2 aliphatic rings. The summed E-state index contributed by atoms with van der Waals surface area (Å²) in [5.74, 6) is 0.473. The first-order valence-electron chi connectivity index (χ1n) is 7.03. The van der Waals surface area contributed by atoms with Gasteiger partial charge in [0.25, 0.3) is 5.91 Å². The number of amides is 1. The van der Waals surface area contributed by atoms with Crippen LogP contribution in [0.4, 0.5) is 0 Å². The van der Waals surface area contributed by atoms with E-state index in [2.05, 4.69) is 20.2 Å². The summed E-state index contributed by atoms with van der Waals surface area (Å²) in [5.41, 5.74) is 1.23. The average molecular weight is 260 g/mol.